The predicted molar refractivity (Wildman–Crippen MR) is 91.8 cm³/mol. The molecule has 3 nitrogen and oxygen atoms in total. The van der Waals surface area contributed by atoms with Gasteiger partial charge in [-0.15, -0.1) is 34.3 Å². The van der Waals surface area contributed by atoms with Crippen LogP contribution in [0, 0.1) is 0 Å². The Morgan fingerprint density at radius 2 is 2.19 bits per heavy atom. The molecule has 0 aliphatic carbocycles. The zero-order chi connectivity index (χ0) is 15.0. The molecular formula is C15H15ClN2OS2. The summed E-state index contributed by atoms with van der Waals surface area (Å²) in [6, 6.07) is 4.19. The standard InChI is InChI=1S/C15H15ClN2OS2/c1-3-8-5-6-11(21-8)9-7-20-15-12(9)14(19)17-13(18-15)10(16)4-2/h5-7,10H,3-4H2,1-2H3,(H,17,18,19). The van der Waals surface area contributed by atoms with Gasteiger partial charge >= 0.3 is 0 Å². The van der Waals surface area contributed by atoms with E-state index < -0.39 is 0 Å². The van der Waals surface area contributed by atoms with Crippen LogP contribution in [-0.4, -0.2) is 9.97 Å². The minimum atomic E-state index is -0.249. The van der Waals surface area contributed by atoms with Gasteiger partial charge in [0.25, 0.3) is 5.56 Å². The lowest BCUT2D eigenvalue weighted by Gasteiger charge is -2.05. The summed E-state index contributed by atoms with van der Waals surface area (Å²) in [5.41, 5.74) is 0.874. The van der Waals surface area contributed by atoms with Gasteiger partial charge in [0, 0.05) is 20.7 Å². The lowest BCUT2D eigenvalue weighted by atomic mass is 10.2. The van der Waals surface area contributed by atoms with E-state index in [1.165, 1.54) is 16.2 Å². The lowest BCUT2D eigenvalue weighted by Crippen LogP contribution is -2.12. The average molecular weight is 339 g/mol. The fraction of sp³-hybridized carbons (Fsp3) is 0.333. The van der Waals surface area contributed by atoms with Crippen molar-refractivity contribution in [3.05, 3.63) is 38.6 Å². The zero-order valence-electron chi connectivity index (χ0n) is 11.8. The van der Waals surface area contributed by atoms with Gasteiger partial charge in [-0.3, -0.25) is 4.79 Å². The number of aromatic nitrogens is 2. The fourth-order valence-corrected chi connectivity index (χ4v) is 4.30. The first-order chi connectivity index (χ1) is 10.1. The predicted octanol–water partition coefficient (Wildman–Crippen LogP) is 4.97. The number of nitrogens with one attached hydrogen (secondary N) is 1. The second-order valence-corrected chi connectivity index (χ2v) is 7.33. The Kier molecular flexibility index (Phi) is 4.15. The van der Waals surface area contributed by atoms with Crippen molar-refractivity contribution < 1.29 is 0 Å². The number of rotatable bonds is 4. The second-order valence-electron chi connectivity index (χ2n) is 4.78. The van der Waals surface area contributed by atoms with Crippen LogP contribution < -0.4 is 5.56 Å². The van der Waals surface area contributed by atoms with Crippen LogP contribution in [0.3, 0.4) is 0 Å². The molecule has 0 aliphatic heterocycles. The molecule has 3 aromatic heterocycles. The summed E-state index contributed by atoms with van der Waals surface area (Å²) >= 11 is 9.41. The van der Waals surface area contributed by atoms with Crippen LogP contribution in [0.4, 0.5) is 0 Å². The second kappa shape index (κ2) is 5.91. The minimum Gasteiger partial charge on any atom is -0.309 e. The Balaban J connectivity index is 2.16. The van der Waals surface area contributed by atoms with Gasteiger partial charge in [-0.25, -0.2) is 4.98 Å². The molecule has 0 saturated heterocycles. The molecule has 110 valence electrons. The number of H-pyrrole nitrogens is 1. The third-order valence-electron chi connectivity index (χ3n) is 3.39. The highest BCUT2D eigenvalue weighted by molar-refractivity contribution is 7.19. The Hall–Kier alpha value is -1.17. The Morgan fingerprint density at radius 3 is 2.86 bits per heavy atom. The maximum absolute atomic E-state index is 12.4. The Bertz CT molecular complexity index is 834. The van der Waals surface area contributed by atoms with Crippen LogP contribution >= 0.6 is 34.3 Å². The molecule has 1 atom stereocenters. The first-order valence-corrected chi connectivity index (χ1v) is 9.01. The van der Waals surface area contributed by atoms with Gasteiger partial charge in [-0.05, 0) is 25.0 Å². The molecule has 1 unspecified atom stereocenters. The van der Waals surface area contributed by atoms with Crippen molar-refractivity contribution in [1.82, 2.24) is 9.97 Å². The molecule has 0 amide bonds. The number of hydrogen-bond donors (Lipinski definition) is 1. The van der Waals surface area contributed by atoms with E-state index in [0.717, 1.165) is 28.1 Å². The summed E-state index contributed by atoms with van der Waals surface area (Å²) in [4.78, 5) is 23.0. The van der Waals surface area contributed by atoms with E-state index in [4.69, 9.17) is 11.6 Å². The van der Waals surface area contributed by atoms with Gasteiger partial charge in [0.15, 0.2) is 0 Å². The molecule has 0 bridgehead atoms. The van der Waals surface area contributed by atoms with Crippen molar-refractivity contribution >= 4 is 44.5 Å². The Labute approximate surface area is 135 Å². The van der Waals surface area contributed by atoms with Gasteiger partial charge in [0.1, 0.15) is 10.7 Å². The van der Waals surface area contributed by atoms with E-state index in [-0.39, 0.29) is 10.9 Å². The maximum Gasteiger partial charge on any atom is 0.260 e. The third-order valence-corrected chi connectivity index (χ3v) is 6.04. The summed E-state index contributed by atoms with van der Waals surface area (Å²) in [7, 11) is 0. The van der Waals surface area contributed by atoms with Crippen molar-refractivity contribution in [2.45, 2.75) is 32.1 Å². The van der Waals surface area contributed by atoms with Gasteiger partial charge < -0.3 is 4.98 Å². The summed E-state index contributed by atoms with van der Waals surface area (Å²) in [6.45, 7) is 4.10. The van der Waals surface area contributed by atoms with Gasteiger partial charge in [0.05, 0.1) is 10.8 Å². The lowest BCUT2D eigenvalue weighted by molar-refractivity contribution is 0.807. The number of nitrogens with zero attached hydrogens (tertiary/aromatic N) is 1. The molecule has 0 spiro atoms. The van der Waals surface area contributed by atoms with Crippen LogP contribution in [-0.2, 0) is 6.42 Å². The number of fused-ring (bicyclic) bond motifs is 1. The quantitative estimate of drug-likeness (QED) is 0.683. The molecule has 0 fully saturated rings. The Morgan fingerprint density at radius 1 is 1.38 bits per heavy atom. The largest absolute Gasteiger partial charge is 0.309 e. The molecule has 3 rings (SSSR count). The first kappa shape index (κ1) is 14.8. The highest BCUT2D eigenvalue weighted by Gasteiger charge is 2.16. The molecule has 0 aliphatic rings. The zero-order valence-corrected chi connectivity index (χ0v) is 14.2. The SMILES string of the molecule is CCc1ccc(-c2csc3nc(C(Cl)CC)[nH]c(=O)c23)s1. The van der Waals surface area contributed by atoms with Crippen molar-refractivity contribution in [3.63, 3.8) is 0 Å². The third kappa shape index (κ3) is 2.65. The van der Waals surface area contributed by atoms with Gasteiger partial charge in [0.2, 0.25) is 0 Å². The summed E-state index contributed by atoms with van der Waals surface area (Å²) in [5.74, 6) is 0.561. The molecule has 3 aromatic rings. The number of halogens is 1. The molecule has 0 radical (unpaired) electrons. The number of aromatic amines is 1. The van der Waals surface area contributed by atoms with Crippen LogP contribution in [0.5, 0.6) is 0 Å². The van der Waals surface area contributed by atoms with E-state index in [1.807, 2.05) is 12.3 Å². The van der Waals surface area contributed by atoms with Crippen LogP contribution in [0.15, 0.2) is 22.3 Å². The highest BCUT2D eigenvalue weighted by Crippen LogP contribution is 2.35. The van der Waals surface area contributed by atoms with Gasteiger partial charge in [-0.1, -0.05) is 13.8 Å². The molecule has 1 N–H and O–H groups in total. The van der Waals surface area contributed by atoms with Crippen molar-refractivity contribution in [3.8, 4) is 10.4 Å². The first-order valence-electron chi connectivity index (χ1n) is 6.88. The van der Waals surface area contributed by atoms with Crippen LogP contribution in [0.25, 0.3) is 20.7 Å². The molecule has 3 heterocycles. The van der Waals surface area contributed by atoms with Crippen molar-refractivity contribution in [2.24, 2.45) is 0 Å². The molecule has 0 aromatic carbocycles. The van der Waals surface area contributed by atoms with Crippen LogP contribution in [0.1, 0.15) is 36.3 Å². The van der Waals surface area contributed by atoms with Crippen molar-refractivity contribution in [1.29, 1.82) is 0 Å². The number of alkyl halides is 1. The smallest absolute Gasteiger partial charge is 0.260 e. The topological polar surface area (TPSA) is 45.8 Å². The van der Waals surface area contributed by atoms with Gasteiger partial charge in [-0.2, -0.15) is 0 Å². The highest BCUT2D eigenvalue weighted by atomic mass is 35.5. The maximum atomic E-state index is 12.4. The molecule has 21 heavy (non-hydrogen) atoms. The number of thiophene rings is 2. The normalized spacial score (nSPS) is 12.9. The van der Waals surface area contributed by atoms with E-state index in [0.29, 0.717) is 11.2 Å². The summed E-state index contributed by atoms with van der Waals surface area (Å²) in [5, 5.41) is 2.44. The van der Waals surface area contributed by atoms with E-state index in [1.54, 1.807) is 11.3 Å². The summed E-state index contributed by atoms with van der Waals surface area (Å²) in [6.07, 6.45) is 1.74. The molecule has 6 heteroatoms. The van der Waals surface area contributed by atoms with Crippen LogP contribution in [0.2, 0.25) is 0 Å². The fourth-order valence-electron chi connectivity index (χ4n) is 2.20. The number of aryl methyl sites for hydroxylation is 1. The number of hydrogen-bond acceptors (Lipinski definition) is 4. The minimum absolute atomic E-state index is 0.100. The molecule has 0 saturated carbocycles. The monoisotopic (exact) mass is 338 g/mol. The van der Waals surface area contributed by atoms with E-state index in [9.17, 15) is 4.79 Å². The average Bonchev–Trinajstić information content (AvgIpc) is 3.12. The van der Waals surface area contributed by atoms with E-state index >= 15 is 0 Å². The van der Waals surface area contributed by atoms with E-state index in [2.05, 4.69) is 29.0 Å². The molecular weight excluding hydrogens is 324 g/mol. The van der Waals surface area contributed by atoms with Crippen molar-refractivity contribution in [2.75, 3.05) is 0 Å². The summed E-state index contributed by atoms with van der Waals surface area (Å²) < 4.78 is 0.